The van der Waals surface area contributed by atoms with Crippen LogP contribution in [0.3, 0.4) is 0 Å². The summed E-state index contributed by atoms with van der Waals surface area (Å²) in [5.41, 5.74) is 4.54. The van der Waals surface area contributed by atoms with Crippen molar-refractivity contribution in [3.63, 3.8) is 0 Å². The molecule has 4 nitrogen and oxygen atoms in total. The number of halogens is 4. The number of alkyl halides is 3. The molecule has 0 amide bonds. The molecular weight excluding hydrogens is 569 g/mol. The molecular formula is C32H20ClF3N2O2S. The van der Waals surface area contributed by atoms with Crippen molar-refractivity contribution in [1.82, 2.24) is 4.57 Å². The van der Waals surface area contributed by atoms with Gasteiger partial charge in [-0.1, -0.05) is 71.5 Å². The topological polar surface area (TPSA) is 47.5 Å². The first-order chi connectivity index (χ1) is 19.8. The molecule has 2 aliphatic rings. The van der Waals surface area contributed by atoms with Crippen LogP contribution in [0.2, 0.25) is 5.02 Å². The molecule has 0 fully saturated rings. The zero-order valence-corrected chi connectivity index (χ0v) is 22.9. The number of fused-ring (bicyclic) bond motifs is 3. The highest BCUT2D eigenvalue weighted by Crippen LogP contribution is 2.41. The highest BCUT2D eigenvalue weighted by molar-refractivity contribution is 7.07. The highest BCUT2D eigenvalue weighted by atomic mass is 35.5. The predicted octanol–water partition coefficient (Wildman–Crippen LogP) is 7.25. The van der Waals surface area contributed by atoms with Crippen LogP contribution in [0.5, 0.6) is 0 Å². The van der Waals surface area contributed by atoms with E-state index in [4.69, 9.17) is 21.0 Å². The van der Waals surface area contributed by atoms with E-state index >= 15 is 0 Å². The Balaban J connectivity index is 1.36. The molecule has 0 saturated heterocycles. The normalized spacial score (nSPS) is 16.7. The summed E-state index contributed by atoms with van der Waals surface area (Å²) in [5.74, 6) is 0.640. The lowest BCUT2D eigenvalue weighted by atomic mass is 9.83. The quantitative estimate of drug-likeness (QED) is 0.223. The van der Waals surface area contributed by atoms with Crippen molar-refractivity contribution in [2.45, 2.75) is 25.1 Å². The van der Waals surface area contributed by atoms with Gasteiger partial charge in [-0.25, -0.2) is 4.99 Å². The Morgan fingerprint density at radius 1 is 0.976 bits per heavy atom. The molecule has 204 valence electrons. The van der Waals surface area contributed by atoms with Crippen molar-refractivity contribution < 1.29 is 17.6 Å². The van der Waals surface area contributed by atoms with E-state index < -0.39 is 11.7 Å². The largest absolute Gasteiger partial charge is 0.457 e. The monoisotopic (exact) mass is 588 g/mol. The second-order valence-corrected chi connectivity index (χ2v) is 11.4. The van der Waals surface area contributed by atoms with E-state index in [1.807, 2.05) is 36.4 Å². The Morgan fingerprint density at radius 2 is 1.78 bits per heavy atom. The average molecular weight is 589 g/mol. The van der Waals surface area contributed by atoms with Crippen molar-refractivity contribution in [2.24, 2.45) is 4.99 Å². The van der Waals surface area contributed by atoms with Gasteiger partial charge in [-0.3, -0.25) is 9.36 Å². The molecule has 5 aromatic rings. The minimum atomic E-state index is -4.46. The number of benzene rings is 3. The summed E-state index contributed by atoms with van der Waals surface area (Å²) in [6.45, 7) is 0. The van der Waals surface area contributed by atoms with Crippen LogP contribution in [0.25, 0.3) is 23.1 Å². The summed E-state index contributed by atoms with van der Waals surface area (Å²) in [4.78, 5) is 19.4. The van der Waals surface area contributed by atoms with E-state index in [2.05, 4.69) is 12.1 Å². The standard InChI is InChI=1S/C32H20ClF3N2O2S/c33-22-11-8-19(9-12-22)29-25-14-10-18-4-1-2-7-24(18)28(25)37-31-38(29)30(39)27(41-31)17-23-13-15-26(40-23)20-5-3-6-21(16-20)32(34,35)36/h1-9,11-13,15-17,29H,10,14H2/b27-17+/t29-/m0/s1. The molecule has 9 heteroatoms. The smallest absolute Gasteiger partial charge is 0.416 e. The molecule has 0 N–H and O–H groups in total. The van der Waals surface area contributed by atoms with Gasteiger partial charge in [0.25, 0.3) is 5.56 Å². The number of hydrogen-bond donors (Lipinski definition) is 0. The number of furan rings is 1. The number of hydrogen-bond acceptors (Lipinski definition) is 4. The molecule has 2 aromatic heterocycles. The van der Waals surface area contributed by atoms with E-state index in [1.165, 1.54) is 23.0 Å². The van der Waals surface area contributed by atoms with Gasteiger partial charge < -0.3 is 4.42 Å². The Morgan fingerprint density at radius 3 is 2.59 bits per heavy atom. The SMILES string of the molecule is O=c1/c(=C\c2ccc(-c3cccc(C(F)(F)F)c3)o2)sc2n1[C@@H](c1ccc(Cl)cc1)C1=C(N=2)c2ccccc2CC1. The fourth-order valence-electron chi connectivity index (χ4n) is 5.53. The first kappa shape index (κ1) is 25.8. The van der Waals surface area contributed by atoms with Gasteiger partial charge in [-0.2, -0.15) is 13.2 Å². The number of thiazole rings is 1. The molecule has 1 atom stereocenters. The molecule has 0 unspecified atom stereocenters. The number of aromatic nitrogens is 1. The van der Waals surface area contributed by atoms with Crippen molar-refractivity contribution in [3.8, 4) is 11.3 Å². The summed E-state index contributed by atoms with van der Waals surface area (Å²) in [5, 5.41) is 0.610. The van der Waals surface area contributed by atoms with Crippen LogP contribution in [0, 0.1) is 0 Å². The summed E-state index contributed by atoms with van der Waals surface area (Å²) >= 11 is 7.45. The van der Waals surface area contributed by atoms with Crippen LogP contribution in [0.4, 0.5) is 13.2 Å². The lowest BCUT2D eigenvalue weighted by Gasteiger charge is -2.30. The molecule has 1 aliphatic carbocycles. The predicted molar refractivity (Wildman–Crippen MR) is 153 cm³/mol. The fourth-order valence-corrected chi connectivity index (χ4v) is 6.64. The van der Waals surface area contributed by atoms with Crippen LogP contribution < -0.4 is 14.9 Å². The molecule has 41 heavy (non-hydrogen) atoms. The van der Waals surface area contributed by atoms with Gasteiger partial charge >= 0.3 is 6.18 Å². The Labute approximate surface area is 241 Å². The maximum absolute atomic E-state index is 13.9. The minimum absolute atomic E-state index is 0.212. The molecule has 1 aliphatic heterocycles. The Bertz CT molecular complexity index is 2030. The second-order valence-electron chi connectivity index (χ2n) is 9.95. The first-order valence-electron chi connectivity index (χ1n) is 12.9. The van der Waals surface area contributed by atoms with E-state index in [0.717, 1.165) is 47.4 Å². The number of aryl methyl sites for hydroxylation is 1. The lowest BCUT2D eigenvalue weighted by Crippen LogP contribution is -2.38. The minimum Gasteiger partial charge on any atom is -0.457 e. The van der Waals surface area contributed by atoms with Gasteiger partial charge in [-0.05, 0) is 65.9 Å². The zero-order chi connectivity index (χ0) is 28.3. The maximum atomic E-state index is 13.9. The summed E-state index contributed by atoms with van der Waals surface area (Å²) < 4.78 is 47.6. The van der Waals surface area contributed by atoms with Gasteiger partial charge in [0, 0.05) is 22.2 Å². The second kappa shape index (κ2) is 9.75. The van der Waals surface area contributed by atoms with Crippen LogP contribution >= 0.6 is 22.9 Å². The fraction of sp³-hybridized carbons (Fsp3) is 0.125. The summed E-state index contributed by atoms with van der Waals surface area (Å²) in [6, 6.07) is 23.6. The average Bonchev–Trinajstić information content (AvgIpc) is 3.56. The van der Waals surface area contributed by atoms with Crippen molar-refractivity contribution >= 4 is 34.7 Å². The van der Waals surface area contributed by atoms with Gasteiger partial charge in [0.15, 0.2) is 4.80 Å². The molecule has 0 saturated carbocycles. The van der Waals surface area contributed by atoms with E-state index in [1.54, 1.807) is 28.8 Å². The van der Waals surface area contributed by atoms with Crippen molar-refractivity contribution in [3.05, 3.63) is 143 Å². The third-order valence-corrected chi connectivity index (χ3v) is 8.67. The first-order valence-corrected chi connectivity index (χ1v) is 14.1. The van der Waals surface area contributed by atoms with Crippen LogP contribution in [0.15, 0.2) is 105 Å². The number of nitrogens with zero attached hydrogens (tertiary/aromatic N) is 2. The van der Waals surface area contributed by atoms with E-state index in [0.29, 0.717) is 25.7 Å². The van der Waals surface area contributed by atoms with E-state index in [-0.39, 0.29) is 17.4 Å². The zero-order valence-electron chi connectivity index (χ0n) is 21.3. The maximum Gasteiger partial charge on any atom is 0.416 e. The Kier molecular flexibility index (Phi) is 6.14. The van der Waals surface area contributed by atoms with Crippen LogP contribution in [-0.2, 0) is 12.6 Å². The van der Waals surface area contributed by atoms with Crippen molar-refractivity contribution in [2.75, 3.05) is 0 Å². The summed E-state index contributed by atoms with van der Waals surface area (Å²) in [7, 11) is 0. The lowest BCUT2D eigenvalue weighted by molar-refractivity contribution is -0.137. The number of allylic oxidation sites excluding steroid dienone is 1. The van der Waals surface area contributed by atoms with Crippen LogP contribution in [0.1, 0.15) is 40.5 Å². The molecule has 3 heterocycles. The molecule has 3 aromatic carbocycles. The van der Waals surface area contributed by atoms with Gasteiger partial charge in [0.05, 0.1) is 21.8 Å². The third kappa shape index (κ3) is 4.57. The Hall–Kier alpha value is -4.14. The van der Waals surface area contributed by atoms with Gasteiger partial charge in [0.2, 0.25) is 0 Å². The van der Waals surface area contributed by atoms with Crippen LogP contribution in [-0.4, -0.2) is 4.57 Å². The molecule has 0 bridgehead atoms. The van der Waals surface area contributed by atoms with E-state index in [9.17, 15) is 18.0 Å². The highest BCUT2D eigenvalue weighted by Gasteiger charge is 2.33. The molecule has 0 radical (unpaired) electrons. The van der Waals surface area contributed by atoms with Gasteiger partial charge in [-0.15, -0.1) is 0 Å². The van der Waals surface area contributed by atoms with Crippen molar-refractivity contribution in [1.29, 1.82) is 0 Å². The summed E-state index contributed by atoms with van der Waals surface area (Å²) in [6.07, 6.45) is -1.22. The third-order valence-electron chi connectivity index (χ3n) is 7.43. The molecule has 0 spiro atoms. The molecule has 7 rings (SSSR count). The van der Waals surface area contributed by atoms with Gasteiger partial charge in [0.1, 0.15) is 11.5 Å². The number of rotatable bonds is 3.